The smallest absolute Gasteiger partial charge is 0.426 e. The van der Waals surface area contributed by atoms with Gasteiger partial charge in [0, 0.05) is 44.4 Å². The molecule has 3 N–H and O–H groups in total. The number of para-hydroxylation sites is 1. The van der Waals surface area contributed by atoms with E-state index >= 15 is 0 Å². The lowest BCUT2D eigenvalue weighted by atomic mass is 10.0. The number of piperidine rings is 1. The van der Waals surface area contributed by atoms with E-state index < -0.39 is 12.1 Å². The lowest BCUT2D eigenvalue weighted by molar-refractivity contribution is -0.118. The molecule has 2 amide bonds. The molecule has 198 valence electrons. The van der Waals surface area contributed by atoms with Crippen LogP contribution in [0.4, 0.5) is 16.2 Å². The van der Waals surface area contributed by atoms with Crippen molar-refractivity contribution in [2.24, 2.45) is 0 Å². The number of hydrogen-bond acceptors (Lipinski definition) is 6. The number of rotatable bonds is 9. The quantitative estimate of drug-likeness (QED) is 0.356. The summed E-state index contributed by atoms with van der Waals surface area (Å²) >= 11 is 0. The fourth-order valence-corrected chi connectivity index (χ4v) is 4.42. The normalized spacial score (nSPS) is 13.9. The van der Waals surface area contributed by atoms with Gasteiger partial charge in [0.15, 0.2) is 0 Å². The fraction of sp³-hybridized carbons (Fsp3) is 0.276. The Kier molecular flexibility index (Phi) is 8.94. The van der Waals surface area contributed by atoms with Crippen LogP contribution >= 0.6 is 0 Å². The van der Waals surface area contributed by atoms with Gasteiger partial charge in [-0.3, -0.25) is 10.2 Å². The summed E-state index contributed by atoms with van der Waals surface area (Å²) in [6, 6.07) is 24.0. The number of hydrazine groups is 1. The van der Waals surface area contributed by atoms with Gasteiger partial charge in [-0.2, -0.15) is 0 Å². The maximum atomic E-state index is 12.6. The number of aromatic carboxylic acids is 1. The first-order valence-corrected chi connectivity index (χ1v) is 12.6. The Labute approximate surface area is 222 Å². The molecular weight excluding hydrogens is 484 g/mol. The second-order valence-electron chi connectivity index (χ2n) is 9.17. The second kappa shape index (κ2) is 12.7. The van der Waals surface area contributed by atoms with E-state index in [0.717, 1.165) is 16.8 Å². The van der Waals surface area contributed by atoms with Crippen molar-refractivity contribution in [2.75, 3.05) is 37.0 Å². The van der Waals surface area contributed by atoms with Crippen LogP contribution in [0.15, 0.2) is 78.9 Å². The van der Waals surface area contributed by atoms with Crippen molar-refractivity contribution in [1.82, 2.24) is 10.3 Å². The van der Waals surface area contributed by atoms with E-state index in [4.69, 9.17) is 9.84 Å². The molecular formula is C29H32N4O5. The standard InChI is InChI=1S/C29H32N4O5/c1-32(23-11-7-10-22(20-23)28(35)36)27(34)16-19-33-17-14-24(15-18-33)38-29(37)31-30-26-13-6-5-12-25(26)21-8-3-2-4-9-21/h2-13,20,24,30H,14-19H2,1H3,(H,31,37)(H,35,36). The van der Waals surface area contributed by atoms with Crippen LogP contribution in [0.2, 0.25) is 0 Å². The molecule has 1 fully saturated rings. The van der Waals surface area contributed by atoms with Crippen LogP contribution in [-0.4, -0.2) is 60.8 Å². The zero-order chi connectivity index (χ0) is 26.9. The first-order valence-electron chi connectivity index (χ1n) is 12.6. The number of carboxylic acids is 1. The summed E-state index contributed by atoms with van der Waals surface area (Å²) in [5.74, 6) is -1.12. The van der Waals surface area contributed by atoms with E-state index in [0.29, 0.717) is 44.6 Å². The van der Waals surface area contributed by atoms with Crippen LogP contribution in [-0.2, 0) is 9.53 Å². The first kappa shape index (κ1) is 26.7. The molecule has 0 atom stereocenters. The summed E-state index contributed by atoms with van der Waals surface area (Å²) in [5.41, 5.74) is 9.07. The van der Waals surface area contributed by atoms with Crippen LogP contribution in [0.5, 0.6) is 0 Å². The molecule has 9 heteroatoms. The Morgan fingerprint density at radius 3 is 2.42 bits per heavy atom. The van der Waals surface area contributed by atoms with Gasteiger partial charge in [0.2, 0.25) is 5.91 Å². The molecule has 0 aliphatic carbocycles. The number of nitrogens with zero attached hydrogens (tertiary/aromatic N) is 2. The van der Waals surface area contributed by atoms with Crippen molar-refractivity contribution >= 4 is 29.3 Å². The van der Waals surface area contributed by atoms with E-state index in [1.807, 2.05) is 54.6 Å². The number of nitrogens with one attached hydrogen (secondary N) is 2. The highest BCUT2D eigenvalue weighted by molar-refractivity contribution is 5.95. The number of hydrogen-bond donors (Lipinski definition) is 3. The fourth-order valence-electron chi connectivity index (χ4n) is 4.42. The number of amides is 2. The first-order chi connectivity index (χ1) is 18.4. The third-order valence-corrected chi connectivity index (χ3v) is 6.62. The lowest BCUT2D eigenvalue weighted by Gasteiger charge is -2.31. The Bertz CT molecular complexity index is 1260. The van der Waals surface area contributed by atoms with Crippen molar-refractivity contribution < 1.29 is 24.2 Å². The summed E-state index contributed by atoms with van der Waals surface area (Å²) in [7, 11) is 1.65. The van der Waals surface area contributed by atoms with Gasteiger partial charge in [-0.25, -0.2) is 15.0 Å². The molecule has 0 radical (unpaired) electrons. The van der Waals surface area contributed by atoms with E-state index in [1.165, 1.54) is 17.0 Å². The molecule has 3 aromatic rings. The molecule has 3 aromatic carbocycles. The second-order valence-corrected chi connectivity index (χ2v) is 9.17. The Hall–Kier alpha value is -4.37. The average molecular weight is 517 g/mol. The van der Waals surface area contributed by atoms with E-state index in [1.54, 1.807) is 19.2 Å². The van der Waals surface area contributed by atoms with Gasteiger partial charge in [-0.1, -0.05) is 54.6 Å². The highest BCUT2D eigenvalue weighted by Gasteiger charge is 2.23. The van der Waals surface area contributed by atoms with Crippen LogP contribution in [0, 0.1) is 0 Å². The summed E-state index contributed by atoms with van der Waals surface area (Å²) in [4.78, 5) is 39.9. The Morgan fingerprint density at radius 1 is 0.974 bits per heavy atom. The number of anilines is 2. The molecule has 0 aromatic heterocycles. The van der Waals surface area contributed by atoms with Gasteiger partial charge in [-0.05, 0) is 42.7 Å². The molecule has 1 heterocycles. The minimum atomic E-state index is -1.03. The van der Waals surface area contributed by atoms with Gasteiger partial charge in [0.1, 0.15) is 6.10 Å². The summed E-state index contributed by atoms with van der Waals surface area (Å²) in [5, 5.41) is 9.17. The van der Waals surface area contributed by atoms with E-state index in [-0.39, 0.29) is 17.6 Å². The number of carboxylic acid groups (broad SMARTS) is 1. The highest BCUT2D eigenvalue weighted by atomic mass is 16.6. The Morgan fingerprint density at radius 2 is 1.68 bits per heavy atom. The monoisotopic (exact) mass is 516 g/mol. The van der Waals surface area contributed by atoms with Crippen molar-refractivity contribution in [1.29, 1.82) is 0 Å². The predicted molar refractivity (Wildman–Crippen MR) is 146 cm³/mol. The van der Waals surface area contributed by atoms with Crippen LogP contribution in [0.1, 0.15) is 29.6 Å². The van der Waals surface area contributed by atoms with E-state index in [2.05, 4.69) is 15.8 Å². The molecule has 4 rings (SSSR count). The molecule has 0 bridgehead atoms. The molecule has 1 saturated heterocycles. The van der Waals surface area contributed by atoms with Crippen molar-refractivity contribution in [2.45, 2.75) is 25.4 Å². The molecule has 1 aliphatic heterocycles. The summed E-state index contributed by atoms with van der Waals surface area (Å²) in [6.45, 7) is 2.01. The number of likely N-dealkylation sites (tertiary alicyclic amines) is 1. The number of benzene rings is 3. The summed E-state index contributed by atoms with van der Waals surface area (Å²) < 4.78 is 5.60. The van der Waals surface area contributed by atoms with Gasteiger partial charge >= 0.3 is 12.1 Å². The number of carbonyl (C=O) groups is 3. The van der Waals surface area contributed by atoms with Crippen molar-refractivity contribution in [3.63, 3.8) is 0 Å². The van der Waals surface area contributed by atoms with Crippen LogP contribution < -0.4 is 15.8 Å². The van der Waals surface area contributed by atoms with E-state index in [9.17, 15) is 14.4 Å². The Balaban J connectivity index is 1.19. The highest BCUT2D eigenvalue weighted by Crippen LogP contribution is 2.27. The zero-order valence-corrected chi connectivity index (χ0v) is 21.3. The van der Waals surface area contributed by atoms with Crippen LogP contribution in [0.3, 0.4) is 0 Å². The zero-order valence-electron chi connectivity index (χ0n) is 21.3. The maximum Gasteiger partial charge on any atom is 0.426 e. The summed E-state index contributed by atoms with van der Waals surface area (Å²) in [6.07, 6.45) is 0.934. The maximum absolute atomic E-state index is 12.6. The lowest BCUT2D eigenvalue weighted by Crippen LogP contribution is -2.41. The predicted octanol–water partition coefficient (Wildman–Crippen LogP) is 4.62. The third-order valence-electron chi connectivity index (χ3n) is 6.62. The molecule has 0 spiro atoms. The molecule has 38 heavy (non-hydrogen) atoms. The number of ether oxygens (including phenoxy) is 1. The number of carbonyl (C=O) groups excluding carboxylic acids is 2. The van der Waals surface area contributed by atoms with Gasteiger partial charge in [0.25, 0.3) is 0 Å². The van der Waals surface area contributed by atoms with Crippen LogP contribution in [0.25, 0.3) is 11.1 Å². The minimum absolute atomic E-state index is 0.0906. The molecule has 0 saturated carbocycles. The SMILES string of the molecule is CN(C(=O)CCN1CCC(OC(=O)NNc2ccccc2-c2ccccc2)CC1)c1cccc(C(=O)O)c1. The van der Waals surface area contributed by atoms with Gasteiger partial charge in [0.05, 0.1) is 11.3 Å². The molecule has 1 aliphatic rings. The minimum Gasteiger partial charge on any atom is -0.478 e. The van der Waals surface area contributed by atoms with Gasteiger partial charge in [-0.15, -0.1) is 0 Å². The largest absolute Gasteiger partial charge is 0.478 e. The topological polar surface area (TPSA) is 111 Å². The van der Waals surface area contributed by atoms with Crippen molar-refractivity contribution in [3.05, 3.63) is 84.4 Å². The van der Waals surface area contributed by atoms with Gasteiger partial charge < -0.3 is 19.6 Å². The molecule has 9 nitrogen and oxygen atoms in total. The molecule has 0 unspecified atom stereocenters. The third kappa shape index (κ3) is 7.10. The average Bonchev–Trinajstić information content (AvgIpc) is 2.96. The van der Waals surface area contributed by atoms with Crippen molar-refractivity contribution in [3.8, 4) is 11.1 Å².